The van der Waals surface area contributed by atoms with Crippen LogP contribution in [0.4, 0.5) is 26.3 Å². The molecule has 1 aliphatic heterocycles. The largest absolute Gasteiger partial charge is 0.480 e. The van der Waals surface area contributed by atoms with E-state index in [0.717, 1.165) is 25.0 Å². The lowest BCUT2D eigenvalue weighted by Crippen LogP contribution is -2.45. The number of hydrogen-bond acceptors (Lipinski definition) is 3. The summed E-state index contributed by atoms with van der Waals surface area (Å²) in [6.07, 6.45) is -13.1. The minimum absolute atomic E-state index is 0.238. The highest BCUT2D eigenvalue weighted by Gasteiger charge is 2.59. The number of carbonyl (C=O) groups is 1. The Morgan fingerprint density at radius 1 is 1.19 bits per heavy atom. The predicted molar refractivity (Wildman–Crippen MR) is 78.7 cm³/mol. The monoisotopic (exact) mass is 385 g/mol. The molecule has 1 aliphatic rings. The molecule has 1 saturated heterocycles. The second kappa shape index (κ2) is 7.73. The van der Waals surface area contributed by atoms with Crippen LogP contribution in [0.1, 0.15) is 24.8 Å². The van der Waals surface area contributed by atoms with Gasteiger partial charge in [0.1, 0.15) is 11.8 Å². The molecule has 146 valence electrons. The van der Waals surface area contributed by atoms with Crippen molar-refractivity contribution in [2.45, 2.75) is 50.3 Å². The number of benzene rings is 1. The molecule has 0 aromatic heterocycles. The lowest BCUT2D eigenvalue weighted by molar-refractivity contribution is -0.304. The summed E-state index contributed by atoms with van der Waals surface area (Å²) in [5, 5.41) is 9.20. The fourth-order valence-electron chi connectivity index (χ4n) is 2.76. The molecule has 2 unspecified atom stereocenters. The molecule has 1 heterocycles. The number of carboxylic acid groups (broad SMARTS) is 1. The molecule has 0 amide bonds. The summed E-state index contributed by atoms with van der Waals surface area (Å²) in [5.41, 5.74) is 0.571. The van der Waals surface area contributed by atoms with Crippen LogP contribution in [0.25, 0.3) is 0 Å². The van der Waals surface area contributed by atoms with E-state index >= 15 is 0 Å². The molecule has 1 aromatic carbocycles. The first kappa shape index (κ1) is 20.3. The van der Waals surface area contributed by atoms with Gasteiger partial charge in [0.15, 0.2) is 0 Å². The first-order valence-electron chi connectivity index (χ1n) is 7.84. The van der Waals surface area contributed by atoms with E-state index < -0.39 is 36.2 Å². The van der Waals surface area contributed by atoms with E-state index in [-0.39, 0.29) is 6.54 Å². The van der Waals surface area contributed by atoms with Crippen molar-refractivity contribution >= 4 is 5.97 Å². The van der Waals surface area contributed by atoms with Gasteiger partial charge < -0.3 is 9.84 Å². The van der Waals surface area contributed by atoms with Gasteiger partial charge in [0.05, 0.1) is 0 Å². The maximum Gasteiger partial charge on any atom is 0.439 e. The van der Waals surface area contributed by atoms with Crippen LogP contribution in [0, 0.1) is 0 Å². The number of ether oxygens (including phenoxy) is 1. The van der Waals surface area contributed by atoms with Gasteiger partial charge in [0, 0.05) is 6.54 Å². The Hall–Kier alpha value is -1.97. The summed E-state index contributed by atoms with van der Waals surface area (Å²) < 4.78 is 79.4. The molecule has 10 heteroatoms. The van der Waals surface area contributed by atoms with Crippen LogP contribution in [-0.2, 0) is 11.3 Å². The summed E-state index contributed by atoms with van der Waals surface area (Å²) in [6.45, 7) is 0.796. The van der Waals surface area contributed by atoms with Crippen molar-refractivity contribution in [3.63, 3.8) is 0 Å². The van der Waals surface area contributed by atoms with Crippen LogP contribution in [0.2, 0.25) is 0 Å². The maximum absolute atomic E-state index is 13.2. The van der Waals surface area contributed by atoms with Crippen molar-refractivity contribution in [2.24, 2.45) is 0 Å². The highest BCUT2D eigenvalue weighted by molar-refractivity contribution is 5.73. The average molecular weight is 385 g/mol. The molecular weight excluding hydrogens is 368 g/mol. The summed E-state index contributed by atoms with van der Waals surface area (Å²) in [4.78, 5) is 13.0. The summed E-state index contributed by atoms with van der Waals surface area (Å²) >= 11 is 0. The zero-order valence-corrected chi connectivity index (χ0v) is 13.5. The van der Waals surface area contributed by atoms with Gasteiger partial charge in [-0.3, -0.25) is 9.69 Å². The number of alkyl halides is 6. The second-order valence-electron chi connectivity index (χ2n) is 6.03. The molecular formula is C16H17F6NO3. The van der Waals surface area contributed by atoms with Crippen LogP contribution >= 0.6 is 0 Å². The number of likely N-dealkylation sites (tertiary alicyclic amines) is 1. The highest BCUT2D eigenvalue weighted by atomic mass is 19.4. The Kier molecular flexibility index (Phi) is 6.05. The van der Waals surface area contributed by atoms with Gasteiger partial charge in [-0.1, -0.05) is 18.6 Å². The van der Waals surface area contributed by atoms with Gasteiger partial charge in [-0.2, -0.15) is 22.0 Å². The first-order valence-corrected chi connectivity index (χ1v) is 7.84. The fourth-order valence-corrected chi connectivity index (χ4v) is 2.76. The zero-order chi connectivity index (χ0) is 19.5. The van der Waals surface area contributed by atoms with Gasteiger partial charge in [-0.05, 0) is 37.1 Å². The van der Waals surface area contributed by atoms with E-state index in [1.54, 1.807) is 4.90 Å². The molecule has 0 aliphatic carbocycles. The van der Waals surface area contributed by atoms with Gasteiger partial charge in [0.25, 0.3) is 6.17 Å². The fraction of sp³-hybridized carbons (Fsp3) is 0.562. The number of rotatable bonds is 6. The molecule has 0 bridgehead atoms. The molecule has 4 nitrogen and oxygen atoms in total. The normalized spacial score (nSPS) is 20.6. The Labute approximate surface area is 145 Å². The van der Waals surface area contributed by atoms with Crippen molar-refractivity contribution < 1.29 is 41.0 Å². The number of nitrogens with zero attached hydrogens (tertiary/aromatic N) is 1. The van der Waals surface area contributed by atoms with E-state index in [1.807, 2.05) is 0 Å². The van der Waals surface area contributed by atoms with Gasteiger partial charge in [0.2, 0.25) is 0 Å². The SMILES string of the molecule is O=C(O)C1CCCCN1Cc1ccc(OC(F)(F)C(F)C(F)(F)F)cc1. The van der Waals surface area contributed by atoms with E-state index in [1.165, 1.54) is 12.1 Å². The molecule has 0 radical (unpaired) electrons. The standard InChI is InChI=1S/C16H17F6NO3/c17-14(15(18,19)20)16(21,22)26-11-6-4-10(5-7-11)9-23-8-2-1-3-12(23)13(24)25/h4-7,12,14H,1-3,8-9H2,(H,24,25). The van der Waals surface area contributed by atoms with E-state index in [9.17, 15) is 36.2 Å². The average Bonchev–Trinajstić information content (AvgIpc) is 2.55. The molecule has 2 atom stereocenters. The number of piperidine rings is 1. The van der Waals surface area contributed by atoms with Crippen molar-refractivity contribution in [3.05, 3.63) is 29.8 Å². The smallest absolute Gasteiger partial charge is 0.439 e. The van der Waals surface area contributed by atoms with Crippen molar-refractivity contribution in [2.75, 3.05) is 6.54 Å². The quantitative estimate of drug-likeness (QED) is 0.753. The zero-order valence-electron chi connectivity index (χ0n) is 13.5. The number of aliphatic carboxylic acids is 1. The first-order chi connectivity index (χ1) is 12.0. The Morgan fingerprint density at radius 3 is 2.35 bits per heavy atom. The van der Waals surface area contributed by atoms with Gasteiger partial charge in [-0.25, -0.2) is 4.39 Å². The van der Waals surface area contributed by atoms with Crippen molar-refractivity contribution in [1.29, 1.82) is 0 Å². The minimum atomic E-state index is -5.75. The third kappa shape index (κ3) is 5.03. The summed E-state index contributed by atoms with van der Waals surface area (Å²) in [5.74, 6) is -1.58. The third-order valence-corrected chi connectivity index (χ3v) is 4.04. The molecule has 0 spiro atoms. The van der Waals surface area contributed by atoms with E-state index in [2.05, 4.69) is 4.74 Å². The molecule has 26 heavy (non-hydrogen) atoms. The highest BCUT2D eigenvalue weighted by Crippen LogP contribution is 2.36. The van der Waals surface area contributed by atoms with Crippen LogP contribution in [0.15, 0.2) is 24.3 Å². The van der Waals surface area contributed by atoms with Crippen molar-refractivity contribution in [3.8, 4) is 5.75 Å². The van der Waals surface area contributed by atoms with Gasteiger partial charge in [-0.15, -0.1) is 0 Å². The molecule has 1 fully saturated rings. The Balaban J connectivity index is 2.03. The molecule has 0 saturated carbocycles. The molecule has 2 rings (SSSR count). The summed E-state index contributed by atoms with van der Waals surface area (Å²) in [7, 11) is 0. The third-order valence-electron chi connectivity index (χ3n) is 4.04. The number of carboxylic acids is 1. The number of hydrogen-bond donors (Lipinski definition) is 1. The Morgan fingerprint density at radius 2 is 1.81 bits per heavy atom. The van der Waals surface area contributed by atoms with Gasteiger partial charge >= 0.3 is 18.3 Å². The predicted octanol–water partition coefficient (Wildman–Crippen LogP) is 4.00. The maximum atomic E-state index is 13.2. The van der Waals surface area contributed by atoms with Crippen LogP contribution < -0.4 is 4.74 Å². The van der Waals surface area contributed by atoms with Crippen LogP contribution in [-0.4, -0.2) is 47.0 Å². The lowest BCUT2D eigenvalue weighted by Gasteiger charge is -2.32. The topological polar surface area (TPSA) is 49.8 Å². The van der Waals surface area contributed by atoms with Crippen molar-refractivity contribution in [1.82, 2.24) is 4.90 Å². The Bertz CT molecular complexity index is 619. The van der Waals surface area contributed by atoms with E-state index in [0.29, 0.717) is 18.5 Å². The number of halogens is 6. The molecule has 1 N–H and O–H groups in total. The van der Waals surface area contributed by atoms with E-state index in [4.69, 9.17) is 0 Å². The summed E-state index contributed by atoms with van der Waals surface area (Å²) in [6, 6.07) is 3.97. The molecule has 1 aromatic rings. The lowest BCUT2D eigenvalue weighted by atomic mass is 10.0. The van der Waals surface area contributed by atoms with Crippen LogP contribution in [0.3, 0.4) is 0 Å². The minimum Gasteiger partial charge on any atom is -0.480 e. The second-order valence-corrected chi connectivity index (χ2v) is 6.03. The van der Waals surface area contributed by atoms with Crippen LogP contribution in [0.5, 0.6) is 5.75 Å².